The Morgan fingerprint density at radius 2 is 2.12 bits per heavy atom. The fourth-order valence-electron chi connectivity index (χ4n) is 1.24. The largest absolute Gasteiger partial charge is 0.416 e. The van der Waals surface area contributed by atoms with Crippen LogP contribution in [0.2, 0.25) is 0 Å². The van der Waals surface area contributed by atoms with Crippen molar-refractivity contribution in [2.24, 2.45) is 0 Å². The zero-order chi connectivity index (χ0) is 11.8. The van der Waals surface area contributed by atoms with E-state index in [0.717, 1.165) is 12.1 Å². The molecule has 2 rings (SSSR count). The molecule has 0 amide bonds. The molecule has 88 valence electrons. The molecular formula is C10H9F3O2S. The minimum absolute atomic E-state index is 0.0598. The highest BCUT2D eigenvalue weighted by atomic mass is 32.2. The van der Waals surface area contributed by atoms with Gasteiger partial charge in [-0.2, -0.15) is 13.2 Å². The Morgan fingerprint density at radius 1 is 1.44 bits per heavy atom. The monoisotopic (exact) mass is 250 g/mol. The summed E-state index contributed by atoms with van der Waals surface area (Å²) in [6.07, 6.45) is -4.45. The summed E-state index contributed by atoms with van der Waals surface area (Å²) >= 11 is 0. The summed E-state index contributed by atoms with van der Waals surface area (Å²) in [7, 11) is -1.42. The molecule has 0 N–H and O–H groups in total. The second-order valence-corrected chi connectivity index (χ2v) is 4.99. The topological polar surface area (TPSA) is 29.6 Å². The maximum absolute atomic E-state index is 12.4. The van der Waals surface area contributed by atoms with Gasteiger partial charge in [-0.15, -0.1) is 0 Å². The lowest BCUT2D eigenvalue weighted by Crippen LogP contribution is -2.08. The highest BCUT2D eigenvalue weighted by Gasteiger charge is 2.31. The number of halogens is 3. The van der Waals surface area contributed by atoms with Gasteiger partial charge in [0, 0.05) is 4.90 Å². The molecule has 1 aliphatic rings. The Balaban J connectivity index is 2.17. The third kappa shape index (κ3) is 2.82. The van der Waals surface area contributed by atoms with Crippen LogP contribution in [0.5, 0.6) is 0 Å². The first-order valence-electron chi connectivity index (χ1n) is 4.64. The number of ether oxygens (including phenoxy) is 1. The van der Waals surface area contributed by atoms with Gasteiger partial charge in [0.2, 0.25) is 0 Å². The molecule has 0 aliphatic carbocycles. The average molecular weight is 250 g/mol. The molecule has 1 aromatic rings. The van der Waals surface area contributed by atoms with E-state index in [1.54, 1.807) is 0 Å². The molecule has 16 heavy (non-hydrogen) atoms. The molecule has 2 atom stereocenters. The summed E-state index contributed by atoms with van der Waals surface area (Å²) in [6.45, 7) is 0.546. The van der Waals surface area contributed by atoms with E-state index in [4.69, 9.17) is 4.74 Å². The molecule has 1 aliphatic heterocycles. The van der Waals surface area contributed by atoms with Gasteiger partial charge >= 0.3 is 6.18 Å². The number of hydrogen-bond acceptors (Lipinski definition) is 2. The highest BCUT2D eigenvalue weighted by molar-refractivity contribution is 7.85. The van der Waals surface area contributed by atoms with Crippen LogP contribution in [0.3, 0.4) is 0 Å². The Labute approximate surface area is 92.9 Å². The van der Waals surface area contributed by atoms with E-state index in [-0.39, 0.29) is 16.8 Å². The van der Waals surface area contributed by atoms with Gasteiger partial charge in [-0.3, -0.25) is 4.21 Å². The van der Waals surface area contributed by atoms with Gasteiger partial charge in [-0.25, -0.2) is 0 Å². The standard InChI is InChI=1S/C10H9F3O2S/c11-10(12,13)7-2-1-3-9(4-7)16(14)6-8-5-15-8/h1-4,8H,5-6H2. The summed E-state index contributed by atoms with van der Waals surface area (Å²) in [4.78, 5) is 0.199. The van der Waals surface area contributed by atoms with E-state index in [0.29, 0.717) is 6.61 Å². The highest BCUT2D eigenvalue weighted by Crippen LogP contribution is 2.30. The van der Waals surface area contributed by atoms with Crippen molar-refractivity contribution in [1.29, 1.82) is 0 Å². The maximum atomic E-state index is 12.4. The molecular weight excluding hydrogens is 241 g/mol. The van der Waals surface area contributed by atoms with E-state index >= 15 is 0 Å². The third-order valence-corrected chi connectivity index (χ3v) is 3.62. The van der Waals surface area contributed by atoms with Gasteiger partial charge in [0.1, 0.15) is 0 Å². The lowest BCUT2D eigenvalue weighted by atomic mass is 10.2. The van der Waals surface area contributed by atoms with E-state index < -0.39 is 22.5 Å². The van der Waals surface area contributed by atoms with Crippen LogP contribution in [0, 0.1) is 0 Å². The van der Waals surface area contributed by atoms with Crippen LogP contribution in [0.1, 0.15) is 5.56 Å². The second-order valence-electron chi connectivity index (χ2n) is 3.49. The van der Waals surface area contributed by atoms with Crippen LogP contribution in [0.15, 0.2) is 29.2 Å². The van der Waals surface area contributed by atoms with E-state index in [9.17, 15) is 17.4 Å². The molecule has 2 unspecified atom stereocenters. The summed E-state index contributed by atoms with van der Waals surface area (Å²) in [5, 5.41) is 0. The zero-order valence-electron chi connectivity index (χ0n) is 8.16. The van der Waals surface area contributed by atoms with Gasteiger partial charge in [0.15, 0.2) is 0 Å². The quantitative estimate of drug-likeness (QED) is 0.770. The second kappa shape index (κ2) is 4.18. The smallest absolute Gasteiger partial charge is 0.372 e. The molecule has 0 saturated carbocycles. The van der Waals surface area contributed by atoms with Gasteiger partial charge in [0.05, 0.1) is 34.8 Å². The average Bonchev–Trinajstić information content (AvgIpc) is 3.00. The first-order valence-corrected chi connectivity index (χ1v) is 5.96. The van der Waals surface area contributed by atoms with Crippen molar-refractivity contribution in [1.82, 2.24) is 0 Å². The predicted octanol–water partition coefficient (Wildman–Crippen LogP) is 2.21. The van der Waals surface area contributed by atoms with Gasteiger partial charge < -0.3 is 4.74 Å². The van der Waals surface area contributed by atoms with Crippen molar-refractivity contribution in [3.63, 3.8) is 0 Å². The van der Waals surface area contributed by atoms with Crippen molar-refractivity contribution in [3.05, 3.63) is 29.8 Å². The first-order chi connectivity index (χ1) is 7.47. The van der Waals surface area contributed by atoms with Crippen molar-refractivity contribution < 1.29 is 22.1 Å². The molecule has 1 aromatic carbocycles. The fraction of sp³-hybridized carbons (Fsp3) is 0.400. The number of benzene rings is 1. The molecule has 1 saturated heterocycles. The van der Waals surface area contributed by atoms with Crippen molar-refractivity contribution in [3.8, 4) is 0 Å². The summed E-state index contributed by atoms with van der Waals surface area (Å²) in [5.41, 5.74) is -0.768. The van der Waals surface area contributed by atoms with Crippen molar-refractivity contribution in [2.75, 3.05) is 12.4 Å². The molecule has 6 heteroatoms. The van der Waals surface area contributed by atoms with Crippen LogP contribution in [-0.2, 0) is 21.7 Å². The summed E-state index contributed by atoms with van der Waals surface area (Å²) in [6, 6.07) is 4.60. The maximum Gasteiger partial charge on any atom is 0.416 e. The Morgan fingerprint density at radius 3 is 2.69 bits per heavy atom. The van der Waals surface area contributed by atoms with Gasteiger partial charge in [-0.05, 0) is 18.2 Å². The molecule has 0 radical (unpaired) electrons. The number of rotatable bonds is 3. The number of epoxide rings is 1. The van der Waals surface area contributed by atoms with Crippen LogP contribution in [-0.4, -0.2) is 22.7 Å². The Bertz CT molecular complexity index is 413. The summed E-state index contributed by atoms with van der Waals surface area (Å²) in [5.74, 6) is 0.265. The lowest BCUT2D eigenvalue weighted by molar-refractivity contribution is -0.137. The van der Waals surface area contributed by atoms with Crippen LogP contribution < -0.4 is 0 Å². The molecule has 2 nitrogen and oxygen atoms in total. The fourth-order valence-corrected chi connectivity index (χ4v) is 2.45. The van der Waals surface area contributed by atoms with Crippen LogP contribution >= 0.6 is 0 Å². The van der Waals surface area contributed by atoms with Crippen molar-refractivity contribution >= 4 is 10.8 Å². The van der Waals surface area contributed by atoms with E-state index in [2.05, 4.69) is 0 Å². The third-order valence-electron chi connectivity index (χ3n) is 2.16. The number of alkyl halides is 3. The first kappa shape index (κ1) is 11.6. The van der Waals surface area contributed by atoms with Crippen molar-refractivity contribution in [2.45, 2.75) is 17.2 Å². The van der Waals surface area contributed by atoms with Crippen LogP contribution in [0.4, 0.5) is 13.2 Å². The molecule has 1 heterocycles. The molecule has 0 aromatic heterocycles. The van der Waals surface area contributed by atoms with Gasteiger partial charge in [0.25, 0.3) is 0 Å². The SMILES string of the molecule is O=S(CC1CO1)c1cccc(C(F)(F)F)c1. The Kier molecular flexibility index (Phi) is 3.03. The van der Waals surface area contributed by atoms with E-state index in [1.807, 2.05) is 0 Å². The van der Waals surface area contributed by atoms with E-state index in [1.165, 1.54) is 12.1 Å². The predicted molar refractivity (Wildman–Crippen MR) is 52.5 cm³/mol. The summed E-state index contributed by atoms with van der Waals surface area (Å²) < 4.78 is 53.7. The normalized spacial score (nSPS) is 21.8. The Hall–Kier alpha value is -0.880. The van der Waals surface area contributed by atoms with Gasteiger partial charge in [-0.1, -0.05) is 6.07 Å². The molecule has 1 fully saturated rings. The lowest BCUT2D eigenvalue weighted by Gasteiger charge is -2.07. The van der Waals surface area contributed by atoms with Crippen LogP contribution in [0.25, 0.3) is 0 Å². The molecule has 0 bridgehead atoms. The number of hydrogen-bond donors (Lipinski definition) is 0. The molecule has 0 spiro atoms. The minimum atomic E-state index is -4.39. The minimum Gasteiger partial charge on any atom is -0.372 e. The zero-order valence-corrected chi connectivity index (χ0v) is 8.98.